The molecule has 0 aromatic carbocycles. The average Bonchev–Trinajstić information content (AvgIpc) is 3.13. The van der Waals surface area contributed by atoms with Crippen LogP contribution >= 0.6 is 0 Å². The lowest BCUT2D eigenvalue weighted by Gasteiger charge is -2.28. The number of rotatable bonds is 2. The van der Waals surface area contributed by atoms with E-state index in [1.165, 1.54) is 12.8 Å². The van der Waals surface area contributed by atoms with E-state index in [-0.39, 0.29) is 17.0 Å². The standard InChI is InChI=1S/C15H24N2O3/c1-14(2,3)16-13(20)17-8-15(7-11(17)12(18)19)6-10(15)9-4-5-9/h9-11H,4-8H2,1-3H3,(H,16,20)(H,18,19)/t10?,11-,15+/m0/s1. The predicted octanol–water partition coefficient (Wildman–Crippen LogP) is 2.07. The minimum Gasteiger partial charge on any atom is -0.480 e. The normalized spacial score (nSPS) is 36.2. The van der Waals surface area contributed by atoms with E-state index in [0.29, 0.717) is 18.9 Å². The van der Waals surface area contributed by atoms with Crippen molar-refractivity contribution in [2.75, 3.05) is 6.54 Å². The van der Waals surface area contributed by atoms with Crippen LogP contribution in [0.15, 0.2) is 0 Å². The van der Waals surface area contributed by atoms with Crippen molar-refractivity contribution in [1.82, 2.24) is 10.2 Å². The minimum atomic E-state index is -0.868. The first kappa shape index (κ1) is 13.7. The van der Waals surface area contributed by atoms with Gasteiger partial charge in [0.05, 0.1) is 0 Å². The van der Waals surface area contributed by atoms with Crippen molar-refractivity contribution in [2.45, 2.75) is 58.0 Å². The Bertz CT molecular complexity index is 453. The Morgan fingerprint density at radius 3 is 2.40 bits per heavy atom. The van der Waals surface area contributed by atoms with Crippen LogP contribution in [0.5, 0.6) is 0 Å². The Balaban J connectivity index is 1.72. The van der Waals surface area contributed by atoms with Crippen LogP contribution in [-0.4, -0.2) is 40.1 Å². The number of carboxylic acid groups (broad SMARTS) is 1. The SMILES string of the molecule is CC(C)(C)NC(=O)N1C[C@@]2(CC2C2CC2)C[C@H]1C(=O)O. The number of carbonyl (C=O) groups excluding carboxylic acids is 1. The second-order valence-corrected chi connectivity index (χ2v) is 7.88. The monoisotopic (exact) mass is 280 g/mol. The first-order chi connectivity index (χ1) is 9.22. The third kappa shape index (κ3) is 2.38. The lowest BCUT2D eigenvalue weighted by molar-refractivity contribution is -0.141. The lowest BCUT2D eigenvalue weighted by Crippen LogP contribution is -2.51. The summed E-state index contributed by atoms with van der Waals surface area (Å²) in [4.78, 5) is 25.4. The van der Waals surface area contributed by atoms with E-state index in [0.717, 1.165) is 12.3 Å². The van der Waals surface area contributed by atoms with Crippen LogP contribution in [0.1, 0.15) is 46.5 Å². The van der Waals surface area contributed by atoms with Crippen LogP contribution < -0.4 is 5.32 Å². The van der Waals surface area contributed by atoms with Crippen LogP contribution in [0.4, 0.5) is 4.79 Å². The van der Waals surface area contributed by atoms with Crippen LogP contribution in [0, 0.1) is 17.3 Å². The quantitative estimate of drug-likeness (QED) is 0.813. The summed E-state index contributed by atoms with van der Waals surface area (Å²) < 4.78 is 0. The highest BCUT2D eigenvalue weighted by molar-refractivity contribution is 5.84. The van der Waals surface area contributed by atoms with Gasteiger partial charge in [-0.15, -0.1) is 0 Å². The van der Waals surface area contributed by atoms with Crippen molar-refractivity contribution in [1.29, 1.82) is 0 Å². The summed E-state index contributed by atoms with van der Waals surface area (Å²) in [5, 5.41) is 12.3. The summed E-state index contributed by atoms with van der Waals surface area (Å²) >= 11 is 0. The number of hydrogen-bond donors (Lipinski definition) is 2. The van der Waals surface area contributed by atoms with E-state index in [4.69, 9.17) is 0 Å². The van der Waals surface area contributed by atoms with E-state index in [2.05, 4.69) is 5.32 Å². The maximum Gasteiger partial charge on any atom is 0.326 e. The summed E-state index contributed by atoms with van der Waals surface area (Å²) in [6, 6.07) is -0.885. The van der Waals surface area contributed by atoms with Gasteiger partial charge in [0.15, 0.2) is 0 Å². The molecule has 3 rings (SSSR count). The summed E-state index contributed by atoms with van der Waals surface area (Å²) in [7, 11) is 0. The van der Waals surface area contributed by atoms with Gasteiger partial charge in [-0.3, -0.25) is 0 Å². The first-order valence-corrected chi connectivity index (χ1v) is 7.53. The Hall–Kier alpha value is -1.26. The maximum absolute atomic E-state index is 12.3. The molecule has 0 bridgehead atoms. The molecule has 2 N–H and O–H groups in total. The summed E-state index contributed by atoms with van der Waals surface area (Å²) in [5.74, 6) is 0.597. The highest BCUT2D eigenvalue weighted by atomic mass is 16.4. The number of nitrogens with one attached hydrogen (secondary N) is 1. The van der Waals surface area contributed by atoms with Crippen molar-refractivity contribution in [3.8, 4) is 0 Å². The number of aliphatic carboxylic acids is 1. The van der Waals surface area contributed by atoms with Gasteiger partial charge in [-0.05, 0) is 63.7 Å². The average molecular weight is 280 g/mol. The second-order valence-electron chi connectivity index (χ2n) is 7.88. The zero-order chi connectivity index (χ0) is 14.7. The van der Waals surface area contributed by atoms with Gasteiger partial charge in [0, 0.05) is 12.1 Å². The molecule has 2 aliphatic carbocycles. The molecule has 1 heterocycles. The maximum atomic E-state index is 12.3. The molecule has 1 unspecified atom stereocenters. The molecule has 1 aliphatic heterocycles. The van der Waals surface area contributed by atoms with Crippen molar-refractivity contribution >= 4 is 12.0 Å². The Morgan fingerprint density at radius 2 is 1.90 bits per heavy atom. The van der Waals surface area contributed by atoms with Gasteiger partial charge in [-0.1, -0.05) is 0 Å². The number of nitrogens with zero attached hydrogens (tertiary/aromatic N) is 1. The molecule has 0 radical (unpaired) electrons. The molecule has 3 fully saturated rings. The fourth-order valence-electron chi connectivity index (χ4n) is 3.80. The molecule has 5 nitrogen and oxygen atoms in total. The van der Waals surface area contributed by atoms with E-state index in [1.807, 2.05) is 20.8 Å². The fourth-order valence-corrected chi connectivity index (χ4v) is 3.80. The van der Waals surface area contributed by atoms with E-state index in [1.54, 1.807) is 4.90 Å². The zero-order valence-electron chi connectivity index (χ0n) is 12.5. The van der Waals surface area contributed by atoms with E-state index < -0.39 is 12.0 Å². The van der Waals surface area contributed by atoms with E-state index >= 15 is 0 Å². The second kappa shape index (κ2) is 4.12. The van der Waals surface area contributed by atoms with Gasteiger partial charge in [0.1, 0.15) is 6.04 Å². The van der Waals surface area contributed by atoms with Crippen LogP contribution in [0.2, 0.25) is 0 Å². The Labute approximate surface area is 119 Å². The zero-order valence-corrected chi connectivity index (χ0v) is 12.5. The molecule has 2 saturated carbocycles. The molecule has 3 aliphatic rings. The van der Waals surface area contributed by atoms with Crippen molar-refractivity contribution < 1.29 is 14.7 Å². The Morgan fingerprint density at radius 1 is 1.25 bits per heavy atom. The third-order valence-corrected chi connectivity index (χ3v) is 4.93. The molecule has 20 heavy (non-hydrogen) atoms. The summed E-state index contributed by atoms with van der Waals surface area (Å²) in [5.41, 5.74) is -0.227. The lowest BCUT2D eigenvalue weighted by atomic mass is 9.98. The third-order valence-electron chi connectivity index (χ3n) is 4.93. The van der Waals surface area contributed by atoms with Crippen LogP contribution in [0.25, 0.3) is 0 Å². The molecule has 1 saturated heterocycles. The summed E-state index contributed by atoms with van der Waals surface area (Å²) in [6.45, 7) is 6.36. The molecular weight excluding hydrogens is 256 g/mol. The van der Waals surface area contributed by atoms with Gasteiger partial charge in [0.2, 0.25) is 0 Å². The van der Waals surface area contributed by atoms with Gasteiger partial charge in [-0.25, -0.2) is 9.59 Å². The van der Waals surface area contributed by atoms with Gasteiger partial charge < -0.3 is 15.3 Å². The number of hydrogen-bond acceptors (Lipinski definition) is 2. The molecule has 2 amide bonds. The minimum absolute atomic E-state index is 0.111. The highest BCUT2D eigenvalue weighted by Crippen LogP contribution is 2.67. The molecule has 5 heteroatoms. The van der Waals surface area contributed by atoms with Crippen molar-refractivity contribution in [3.05, 3.63) is 0 Å². The van der Waals surface area contributed by atoms with Crippen LogP contribution in [-0.2, 0) is 4.79 Å². The summed E-state index contributed by atoms with van der Waals surface area (Å²) in [6.07, 6.45) is 4.33. The topological polar surface area (TPSA) is 69.6 Å². The molecule has 1 spiro atoms. The molecule has 0 aromatic heterocycles. The molecule has 112 valence electrons. The number of amides is 2. The molecule has 3 atom stereocenters. The Kier molecular flexibility index (Phi) is 2.82. The number of urea groups is 1. The molecule has 0 aromatic rings. The predicted molar refractivity (Wildman–Crippen MR) is 74.3 cm³/mol. The van der Waals surface area contributed by atoms with Gasteiger partial charge in [-0.2, -0.15) is 0 Å². The number of carbonyl (C=O) groups is 2. The van der Waals surface area contributed by atoms with Crippen LogP contribution in [0.3, 0.4) is 0 Å². The highest BCUT2D eigenvalue weighted by Gasteiger charge is 2.65. The number of carboxylic acids is 1. The molecular formula is C15H24N2O3. The van der Waals surface area contributed by atoms with Crippen molar-refractivity contribution in [2.24, 2.45) is 17.3 Å². The first-order valence-electron chi connectivity index (χ1n) is 7.53. The number of likely N-dealkylation sites (tertiary alicyclic amines) is 1. The largest absolute Gasteiger partial charge is 0.480 e. The smallest absolute Gasteiger partial charge is 0.326 e. The van der Waals surface area contributed by atoms with Gasteiger partial charge in [0.25, 0.3) is 0 Å². The van der Waals surface area contributed by atoms with E-state index in [9.17, 15) is 14.7 Å². The van der Waals surface area contributed by atoms with Gasteiger partial charge >= 0.3 is 12.0 Å². The van der Waals surface area contributed by atoms with Crippen molar-refractivity contribution in [3.63, 3.8) is 0 Å². The fraction of sp³-hybridized carbons (Fsp3) is 0.867.